The summed E-state index contributed by atoms with van der Waals surface area (Å²) in [4.78, 5) is 20.8. The zero-order valence-electron chi connectivity index (χ0n) is 15.6. The molecule has 2 heterocycles. The van der Waals surface area contributed by atoms with Crippen molar-refractivity contribution in [3.63, 3.8) is 0 Å². The molecule has 4 rings (SSSR count). The minimum absolute atomic E-state index is 0.0170. The van der Waals surface area contributed by atoms with E-state index in [1.54, 1.807) is 6.07 Å². The average Bonchev–Trinajstić information content (AvgIpc) is 3.04. The van der Waals surface area contributed by atoms with Crippen LogP contribution >= 0.6 is 22.9 Å². The number of anilines is 2. The van der Waals surface area contributed by atoms with Gasteiger partial charge in [-0.1, -0.05) is 23.7 Å². The number of aromatic nitrogens is 2. The highest BCUT2D eigenvalue weighted by Gasteiger charge is 2.19. The molecule has 0 atom stereocenters. The maximum Gasteiger partial charge on any atom is 0.267 e. The number of nitrogens with zero attached hydrogens (tertiary/aromatic N) is 2. The molecule has 10 heteroatoms. The number of aryl methyl sites for hydroxylation is 1. The van der Waals surface area contributed by atoms with E-state index in [1.165, 1.54) is 48.0 Å². The lowest BCUT2D eigenvalue weighted by Crippen LogP contribution is -2.15. The predicted octanol–water partition coefficient (Wildman–Crippen LogP) is 4.71. The highest BCUT2D eigenvalue weighted by molar-refractivity contribution is 7.92. The number of benzene rings is 2. The Morgan fingerprint density at radius 1 is 1.07 bits per heavy atom. The van der Waals surface area contributed by atoms with Crippen molar-refractivity contribution in [3.05, 3.63) is 76.4 Å². The molecule has 0 radical (unpaired) electrons. The molecule has 0 fully saturated rings. The summed E-state index contributed by atoms with van der Waals surface area (Å²) in [6.07, 6.45) is 2.87. The molecule has 2 aromatic heterocycles. The number of sulfonamides is 1. The lowest BCUT2D eigenvalue weighted by atomic mass is 10.2. The Morgan fingerprint density at radius 2 is 1.77 bits per heavy atom. The molecule has 0 aliphatic rings. The van der Waals surface area contributed by atoms with Crippen molar-refractivity contribution >= 4 is 60.6 Å². The summed E-state index contributed by atoms with van der Waals surface area (Å²) in [6.45, 7) is 1.97. The Hall–Kier alpha value is -3.01. The van der Waals surface area contributed by atoms with Gasteiger partial charge in [-0.15, -0.1) is 11.3 Å². The number of thiophene rings is 1. The van der Waals surface area contributed by atoms with E-state index in [2.05, 4.69) is 20.0 Å². The Kier molecular flexibility index (Phi) is 5.42. The van der Waals surface area contributed by atoms with Gasteiger partial charge in [-0.05, 0) is 48.9 Å². The van der Waals surface area contributed by atoms with E-state index in [9.17, 15) is 13.2 Å². The van der Waals surface area contributed by atoms with E-state index >= 15 is 0 Å². The first kappa shape index (κ1) is 20.3. The van der Waals surface area contributed by atoms with E-state index < -0.39 is 10.0 Å². The SMILES string of the molecule is Cc1ccc2c(Cl)c(C(=O)Nc3ccc(S(=O)(=O)Nc4ncccn4)cc3)sc2c1. The monoisotopic (exact) mass is 458 g/mol. The maximum atomic E-state index is 12.7. The van der Waals surface area contributed by atoms with Gasteiger partial charge in [0.15, 0.2) is 0 Å². The molecule has 4 aromatic rings. The number of carbonyl (C=O) groups excluding carboxylic acids is 1. The van der Waals surface area contributed by atoms with Crippen LogP contribution in [0, 0.1) is 6.92 Å². The third-order valence-corrected chi connectivity index (χ3v) is 7.21. The molecular weight excluding hydrogens is 444 g/mol. The summed E-state index contributed by atoms with van der Waals surface area (Å²) in [5.41, 5.74) is 1.53. The molecule has 0 unspecified atom stereocenters. The maximum absolute atomic E-state index is 12.7. The molecule has 0 saturated heterocycles. The van der Waals surface area contributed by atoms with Gasteiger partial charge < -0.3 is 5.32 Å². The second-order valence-corrected chi connectivity index (χ2v) is 9.51. The van der Waals surface area contributed by atoms with E-state index in [1.807, 2.05) is 25.1 Å². The van der Waals surface area contributed by atoms with Crippen molar-refractivity contribution in [2.45, 2.75) is 11.8 Å². The minimum Gasteiger partial charge on any atom is -0.321 e. The number of amides is 1. The Balaban J connectivity index is 1.52. The Bertz CT molecular complexity index is 1340. The molecule has 7 nitrogen and oxygen atoms in total. The predicted molar refractivity (Wildman–Crippen MR) is 119 cm³/mol. The highest BCUT2D eigenvalue weighted by Crippen LogP contribution is 2.36. The number of fused-ring (bicyclic) bond motifs is 1. The van der Waals surface area contributed by atoms with Crippen molar-refractivity contribution in [2.24, 2.45) is 0 Å². The van der Waals surface area contributed by atoms with Crippen LogP contribution in [-0.4, -0.2) is 24.3 Å². The number of halogens is 1. The Labute approximate surface area is 181 Å². The summed E-state index contributed by atoms with van der Waals surface area (Å²) in [5, 5.41) is 3.98. The fourth-order valence-electron chi connectivity index (χ4n) is 2.75. The summed E-state index contributed by atoms with van der Waals surface area (Å²) in [5.74, 6) is -0.380. The first-order valence-corrected chi connectivity index (χ1v) is 11.4. The largest absolute Gasteiger partial charge is 0.321 e. The van der Waals surface area contributed by atoms with Gasteiger partial charge in [0.1, 0.15) is 4.88 Å². The molecule has 2 N–H and O–H groups in total. The van der Waals surface area contributed by atoms with Crippen molar-refractivity contribution in [3.8, 4) is 0 Å². The van der Waals surface area contributed by atoms with Gasteiger partial charge in [0.05, 0.1) is 9.92 Å². The summed E-state index contributed by atoms with van der Waals surface area (Å²) < 4.78 is 28.1. The lowest BCUT2D eigenvalue weighted by molar-refractivity contribution is 0.103. The van der Waals surface area contributed by atoms with E-state index in [4.69, 9.17) is 11.6 Å². The molecule has 0 aliphatic heterocycles. The third kappa shape index (κ3) is 4.13. The van der Waals surface area contributed by atoms with Gasteiger partial charge in [-0.2, -0.15) is 0 Å². The van der Waals surface area contributed by atoms with Gasteiger partial charge in [-0.3, -0.25) is 4.79 Å². The topological polar surface area (TPSA) is 101 Å². The average molecular weight is 459 g/mol. The molecule has 0 saturated carbocycles. The van der Waals surface area contributed by atoms with Crippen LogP contribution in [0.5, 0.6) is 0 Å². The van der Waals surface area contributed by atoms with Gasteiger partial charge in [0.25, 0.3) is 15.9 Å². The number of rotatable bonds is 5. The second-order valence-electron chi connectivity index (χ2n) is 6.40. The normalized spacial score (nSPS) is 11.4. The van der Waals surface area contributed by atoms with Crippen LogP contribution in [-0.2, 0) is 10.0 Å². The second kappa shape index (κ2) is 8.02. The summed E-state index contributed by atoms with van der Waals surface area (Å²) in [6, 6.07) is 13.2. The fraction of sp³-hybridized carbons (Fsp3) is 0.0500. The number of hydrogen-bond donors (Lipinski definition) is 2. The quantitative estimate of drug-likeness (QED) is 0.451. The number of nitrogens with one attached hydrogen (secondary N) is 2. The zero-order chi connectivity index (χ0) is 21.3. The molecular formula is C20H15ClN4O3S2. The third-order valence-electron chi connectivity index (χ3n) is 4.21. The summed E-state index contributed by atoms with van der Waals surface area (Å²) >= 11 is 7.69. The van der Waals surface area contributed by atoms with Crippen LogP contribution in [0.3, 0.4) is 0 Å². The van der Waals surface area contributed by atoms with Crippen molar-refractivity contribution < 1.29 is 13.2 Å². The van der Waals surface area contributed by atoms with Crippen molar-refractivity contribution in [1.82, 2.24) is 9.97 Å². The first-order chi connectivity index (χ1) is 14.3. The van der Waals surface area contributed by atoms with Crippen LogP contribution in [0.1, 0.15) is 15.2 Å². The minimum atomic E-state index is -3.85. The van der Waals surface area contributed by atoms with Gasteiger partial charge in [-0.25, -0.2) is 23.1 Å². The first-order valence-electron chi connectivity index (χ1n) is 8.73. The van der Waals surface area contributed by atoms with E-state index in [0.717, 1.165) is 15.6 Å². The Morgan fingerprint density at radius 3 is 2.47 bits per heavy atom. The summed E-state index contributed by atoms with van der Waals surface area (Å²) in [7, 11) is -3.85. The number of hydrogen-bond acceptors (Lipinski definition) is 6. The molecule has 1 amide bonds. The van der Waals surface area contributed by atoms with E-state index in [0.29, 0.717) is 15.6 Å². The number of carbonyl (C=O) groups is 1. The molecule has 0 aliphatic carbocycles. The molecule has 152 valence electrons. The van der Waals surface area contributed by atoms with Crippen LogP contribution in [0.2, 0.25) is 5.02 Å². The molecule has 0 bridgehead atoms. The van der Waals surface area contributed by atoms with Crippen LogP contribution in [0.4, 0.5) is 11.6 Å². The zero-order valence-corrected chi connectivity index (χ0v) is 18.0. The van der Waals surface area contributed by atoms with Crippen molar-refractivity contribution in [2.75, 3.05) is 10.0 Å². The highest BCUT2D eigenvalue weighted by atomic mass is 35.5. The smallest absolute Gasteiger partial charge is 0.267 e. The van der Waals surface area contributed by atoms with Crippen LogP contribution in [0.15, 0.2) is 65.8 Å². The lowest BCUT2D eigenvalue weighted by Gasteiger charge is -2.08. The van der Waals surface area contributed by atoms with Crippen LogP contribution in [0.25, 0.3) is 10.1 Å². The molecule has 0 spiro atoms. The standard InChI is InChI=1S/C20H15ClN4O3S2/c1-12-3-8-15-16(11-12)29-18(17(15)21)19(26)24-13-4-6-14(7-5-13)30(27,28)25-20-22-9-2-10-23-20/h2-11H,1H3,(H,24,26)(H,22,23,25). The van der Waals surface area contributed by atoms with E-state index in [-0.39, 0.29) is 16.8 Å². The van der Waals surface area contributed by atoms with Gasteiger partial charge >= 0.3 is 0 Å². The molecule has 30 heavy (non-hydrogen) atoms. The van der Waals surface area contributed by atoms with Crippen molar-refractivity contribution in [1.29, 1.82) is 0 Å². The molecule has 2 aromatic carbocycles. The van der Waals surface area contributed by atoms with Gasteiger partial charge in [0, 0.05) is 28.2 Å². The van der Waals surface area contributed by atoms with Gasteiger partial charge in [0.2, 0.25) is 5.95 Å². The fourth-order valence-corrected chi connectivity index (χ4v) is 5.22. The van der Waals surface area contributed by atoms with Crippen LogP contribution < -0.4 is 10.0 Å².